The summed E-state index contributed by atoms with van der Waals surface area (Å²) >= 11 is 0. The SMILES string of the molecule is C=C1CC[C@H]2[C@@H]3CCc4cc(O)c(C=O)cc4[C@H]3CC[C@]12C. The molecule has 2 saturated carbocycles. The molecule has 1 aromatic rings. The Labute approximate surface area is 132 Å². The van der Waals surface area contributed by atoms with Gasteiger partial charge in [0.15, 0.2) is 6.29 Å². The molecule has 0 unspecified atom stereocenters. The third kappa shape index (κ3) is 1.76. The molecule has 2 nitrogen and oxygen atoms in total. The number of phenols is 1. The van der Waals surface area contributed by atoms with Crippen molar-refractivity contribution < 1.29 is 9.90 Å². The summed E-state index contributed by atoms with van der Waals surface area (Å²) in [5.74, 6) is 2.17. The predicted octanol–water partition coefficient (Wildman–Crippen LogP) is 4.62. The molecule has 0 aliphatic heterocycles. The molecule has 116 valence electrons. The Hall–Kier alpha value is -1.57. The van der Waals surface area contributed by atoms with Gasteiger partial charge in [-0.1, -0.05) is 19.1 Å². The molecule has 0 saturated heterocycles. The molecule has 0 bridgehead atoms. The lowest BCUT2D eigenvalue weighted by Gasteiger charge is -2.49. The van der Waals surface area contributed by atoms with E-state index in [2.05, 4.69) is 13.5 Å². The van der Waals surface area contributed by atoms with Crippen molar-refractivity contribution in [1.29, 1.82) is 0 Å². The second-order valence-corrected chi connectivity index (χ2v) is 7.74. The van der Waals surface area contributed by atoms with E-state index < -0.39 is 0 Å². The number of hydrogen-bond acceptors (Lipinski definition) is 2. The van der Waals surface area contributed by atoms with Crippen LogP contribution in [0.5, 0.6) is 5.75 Å². The molecule has 4 atom stereocenters. The molecule has 0 radical (unpaired) electrons. The van der Waals surface area contributed by atoms with E-state index in [9.17, 15) is 9.90 Å². The smallest absolute Gasteiger partial charge is 0.153 e. The molecule has 0 heterocycles. The highest BCUT2D eigenvalue weighted by atomic mass is 16.3. The molecule has 3 aliphatic carbocycles. The first-order valence-corrected chi connectivity index (χ1v) is 8.54. The number of aldehydes is 1. The number of hydrogen-bond donors (Lipinski definition) is 1. The molecule has 0 amide bonds. The van der Waals surface area contributed by atoms with Crippen molar-refractivity contribution in [3.8, 4) is 5.75 Å². The summed E-state index contributed by atoms with van der Waals surface area (Å²) in [7, 11) is 0. The van der Waals surface area contributed by atoms with Gasteiger partial charge in [0.2, 0.25) is 0 Å². The number of aromatic hydroxyl groups is 1. The van der Waals surface area contributed by atoms with Gasteiger partial charge in [-0.05, 0) is 85.0 Å². The molecule has 2 heteroatoms. The van der Waals surface area contributed by atoms with Crippen molar-refractivity contribution in [1.82, 2.24) is 0 Å². The monoisotopic (exact) mass is 296 g/mol. The van der Waals surface area contributed by atoms with Gasteiger partial charge >= 0.3 is 0 Å². The van der Waals surface area contributed by atoms with E-state index in [4.69, 9.17) is 0 Å². The highest BCUT2D eigenvalue weighted by Crippen LogP contribution is 2.62. The summed E-state index contributed by atoms with van der Waals surface area (Å²) < 4.78 is 0. The Kier molecular flexibility index (Phi) is 3.01. The van der Waals surface area contributed by atoms with Crippen LogP contribution in [0.25, 0.3) is 0 Å². The zero-order valence-corrected chi connectivity index (χ0v) is 13.3. The number of benzene rings is 1. The largest absolute Gasteiger partial charge is 0.507 e. The third-order valence-electron chi connectivity index (χ3n) is 6.95. The minimum absolute atomic E-state index is 0.141. The molecule has 0 spiro atoms. The van der Waals surface area contributed by atoms with Gasteiger partial charge < -0.3 is 5.11 Å². The number of aryl methyl sites for hydroxylation is 1. The molecule has 1 N–H and O–H groups in total. The first-order valence-electron chi connectivity index (χ1n) is 8.54. The fourth-order valence-corrected chi connectivity index (χ4v) is 5.63. The average Bonchev–Trinajstić information content (AvgIpc) is 2.82. The Morgan fingerprint density at radius 3 is 2.86 bits per heavy atom. The number of rotatable bonds is 1. The fraction of sp³-hybridized carbons (Fsp3) is 0.550. The summed E-state index contributed by atoms with van der Waals surface area (Å²) in [6.07, 6.45) is 7.90. The third-order valence-corrected chi connectivity index (χ3v) is 6.95. The Balaban J connectivity index is 1.75. The van der Waals surface area contributed by atoms with E-state index >= 15 is 0 Å². The van der Waals surface area contributed by atoms with E-state index in [0.29, 0.717) is 16.9 Å². The van der Waals surface area contributed by atoms with Crippen molar-refractivity contribution in [3.05, 3.63) is 41.0 Å². The average molecular weight is 296 g/mol. The molecule has 1 aromatic carbocycles. The van der Waals surface area contributed by atoms with Gasteiger partial charge in [0.05, 0.1) is 5.56 Å². The van der Waals surface area contributed by atoms with Crippen LogP contribution in [0.2, 0.25) is 0 Å². The van der Waals surface area contributed by atoms with Crippen LogP contribution < -0.4 is 0 Å². The highest BCUT2D eigenvalue weighted by Gasteiger charge is 2.51. The van der Waals surface area contributed by atoms with E-state index in [-0.39, 0.29) is 5.75 Å². The van der Waals surface area contributed by atoms with Crippen LogP contribution in [0, 0.1) is 17.3 Å². The van der Waals surface area contributed by atoms with Gasteiger partial charge in [0.1, 0.15) is 5.75 Å². The quantitative estimate of drug-likeness (QED) is 0.606. The van der Waals surface area contributed by atoms with Crippen LogP contribution in [-0.2, 0) is 6.42 Å². The maximum absolute atomic E-state index is 11.2. The van der Waals surface area contributed by atoms with Gasteiger partial charge in [-0.2, -0.15) is 0 Å². The van der Waals surface area contributed by atoms with E-state index in [1.165, 1.54) is 48.8 Å². The van der Waals surface area contributed by atoms with Crippen LogP contribution in [0.1, 0.15) is 66.4 Å². The molecule has 2 fully saturated rings. The first-order chi connectivity index (χ1) is 10.5. The number of carbonyl (C=O) groups is 1. The Bertz CT molecular complexity index is 660. The lowest BCUT2D eigenvalue weighted by Crippen LogP contribution is -2.40. The Morgan fingerprint density at radius 1 is 1.27 bits per heavy atom. The number of carbonyl (C=O) groups excluding carboxylic acids is 1. The lowest BCUT2D eigenvalue weighted by molar-refractivity contribution is 0.0815. The summed E-state index contributed by atoms with van der Waals surface area (Å²) in [6, 6.07) is 3.79. The lowest BCUT2D eigenvalue weighted by atomic mass is 9.55. The van der Waals surface area contributed by atoms with Crippen molar-refractivity contribution in [2.45, 2.75) is 51.4 Å². The fourth-order valence-electron chi connectivity index (χ4n) is 5.63. The second kappa shape index (κ2) is 4.71. The number of allylic oxidation sites excluding steroid dienone is 1. The molecule has 22 heavy (non-hydrogen) atoms. The predicted molar refractivity (Wildman–Crippen MR) is 87.3 cm³/mol. The van der Waals surface area contributed by atoms with E-state index in [1.807, 2.05) is 12.1 Å². The topological polar surface area (TPSA) is 37.3 Å². The Morgan fingerprint density at radius 2 is 2.09 bits per heavy atom. The summed E-state index contributed by atoms with van der Waals surface area (Å²) in [6.45, 7) is 6.77. The zero-order valence-electron chi connectivity index (χ0n) is 13.3. The van der Waals surface area contributed by atoms with Crippen molar-refractivity contribution in [2.75, 3.05) is 0 Å². The van der Waals surface area contributed by atoms with Gasteiger partial charge in [0.25, 0.3) is 0 Å². The summed E-state index contributed by atoms with van der Waals surface area (Å²) in [4.78, 5) is 11.2. The van der Waals surface area contributed by atoms with Gasteiger partial charge in [-0.15, -0.1) is 0 Å². The molecule has 3 aliphatic rings. The standard InChI is InChI=1S/C20H24O2/c1-12-3-6-18-16-5-4-13-10-19(22)14(11-21)9-17(13)15(16)7-8-20(12,18)2/h9-11,15-16,18,22H,1,3-8H2,2H3/t15-,16+,18-,20+/m0/s1. The van der Waals surface area contributed by atoms with Crippen LogP contribution in [-0.4, -0.2) is 11.4 Å². The van der Waals surface area contributed by atoms with Crippen LogP contribution in [0.3, 0.4) is 0 Å². The van der Waals surface area contributed by atoms with Crippen molar-refractivity contribution in [2.24, 2.45) is 17.3 Å². The molecular formula is C20H24O2. The van der Waals surface area contributed by atoms with Crippen LogP contribution in [0.15, 0.2) is 24.3 Å². The maximum Gasteiger partial charge on any atom is 0.153 e. The van der Waals surface area contributed by atoms with Crippen molar-refractivity contribution in [3.63, 3.8) is 0 Å². The van der Waals surface area contributed by atoms with Gasteiger partial charge in [0, 0.05) is 0 Å². The van der Waals surface area contributed by atoms with E-state index in [1.54, 1.807) is 0 Å². The van der Waals surface area contributed by atoms with Gasteiger partial charge in [-0.25, -0.2) is 0 Å². The molecular weight excluding hydrogens is 272 g/mol. The number of fused-ring (bicyclic) bond motifs is 5. The summed E-state index contributed by atoms with van der Waals surface area (Å²) in [5.41, 5.74) is 4.83. The molecule has 0 aromatic heterocycles. The van der Waals surface area contributed by atoms with Crippen LogP contribution in [0.4, 0.5) is 0 Å². The zero-order chi connectivity index (χ0) is 15.5. The summed E-state index contributed by atoms with van der Waals surface area (Å²) in [5, 5.41) is 9.95. The minimum atomic E-state index is 0.141. The van der Waals surface area contributed by atoms with E-state index in [0.717, 1.165) is 24.5 Å². The van der Waals surface area contributed by atoms with Gasteiger partial charge in [-0.3, -0.25) is 4.79 Å². The normalized spacial score (nSPS) is 36.4. The highest BCUT2D eigenvalue weighted by molar-refractivity contribution is 5.80. The minimum Gasteiger partial charge on any atom is -0.507 e. The molecule has 4 rings (SSSR count). The maximum atomic E-state index is 11.2. The van der Waals surface area contributed by atoms with Crippen LogP contribution >= 0.6 is 0 Å². The second-order valence-electron chi connectivity index (χ2n) is 7.74. The first kappa shape index (κ1) is 14.0. The number of phenolic OH excluding ortho intramolecular Hbond substituents is 1. The van der Waals surface area contributed by atoms with Crippen molar-refractivity contribution >= 4 is 6.29 Å².